The summed E-state index contributed by atoms with van der Waals surface area (Å²) in [6, 6.07) is 0. The molecule has 1 amide bonds. The largest absolute Gasteiger partial charge is 0.366 e. The smallest absolute Gasteiger partial charge is 0.244 e. The van der Waals surface area contributed by atoms with E-state index in [4.69, 9.17) is 5.73 Å². The summed E-state index contributed by atoms with van der Waals surface area (Å²) in [5, 5.41) is 0. The predicted octanol–water partition coefficient (Wildman–Crippen LogP) is 4.03. The molecule has 2 saturated carbocycles. The van der Waals surface area contributed by atoms with Crippen LogP contribution in [0.2, 0.25) is 0 Å². The number of carbonyl (C=O) groups excluding carboxylic acids is 2. The van der Waals surface area contributed by atoms with Crippen LogP contribution < -0.4 is 5.73 Å². The van der Waals surface area contributed by atoms with Gasteiger partial charge in [0, 0.05) is 11.0 Å². The van der Waals surface area contributed by atoms with Crippen LogP contribution in [-0.4, -0.2) is 11.7 Å². The van der Waals surface area contributed by atoms with Crippen molar-refractivity contribution in [3.05, 3.63) is 23.3 Å². The Morgan fingerprint density at radius 1 is 1.08 bits per heavy atom. The summed E-state index contributed by atoms with van der Waals surface area (Å²) in [6.07, 6.45) is 9.62. The molecule has 0 saturated heterocycles. The van der Waals surface area contributed by atoms with Gasteiger partial charge in [0.05, 0.1) is 0 Å². The quantitative estimate of drug-likeness (QED) is 0.782. The Morgan fingerprint density at radius 2 is 1.80 bits per heavy atom. The number of fused-ring (bicyclic) bond motifs is 5. The third-order valence-electron chi connectivity index (χ3n) is 8.59. The van der Waals surface area contributed by atoms with Crippen molar-refractivity contribution in [2.24, 2.45) is 46.2 Å². The van der Waals surface area contributed by atoms with Crippen LogP contribution in [0.4, 0.5) is 0 Å². The first kappa shape index (κ1) is 17.1. The third kappa shape index (κ3) is 2.23. The molecule has 4 aliphatic carbocycles. The van der Waals surface area contributed by atoms with E-state index in [1.54, 1.807) is 0 Å². The Kier molecular flexibility index (Phi) is 3.62. The normalized spacial score (nSPS) is 41.1. The van der Waals surface area contributed by atoms with Gasteiger partial charge in [-0.15, -0.1) is 0 Å². The average Bonchev–Trinajstić information content (AvgIpc) is 2.97. The molecule has 0 radical (unpaired) electrons. The number of hydrogen-bond donors (Lipinski definition) is 1. The van der Waals surface area contributed by atoms with E-state index in [-0.39, 0.29) is 16.7 Å². The number of rotatable bonds is 1. The molecule has 25 heavy (non-hydrogen) atoms. The molecule has 0 spiro atoms. The van der Waals surface area contributed by atoms with E-state index < -0.39 is 0 Å². The second-order valence-electron chi connectivity index (χ2n) is 9.94. The highest BCUT2D eigenvalue weighted by molar-refractivity contribution is 5.97. The first-order valence-electron chi connectivity index (χ1n) is 9.90. The molecule has 5 unspecified atom stereocenters. The van der Waals surface area contributed by atoms with Gasteiger partial charge >= 0.3 is 0 Å². The molecule has 5 atom stereocenters. The minimum Gasteiger partial charge on any atom is -0.366 e. The van der Waals surface area contributed by atoms with Crippen molar-refractivity contribution < 1.29 is 9.59 Å². The molecule has 3 heteroatoms. The summed E-state index contributed by atoms with van der Waals surface area (Å²) < 4.78 is 0. The van der Waals surface area contributed by atoms with Gasteiger partial charge in [-0.1, -0.05) is 39.3 Å². The van der Waals surface area contributed by atoms with E-state index in [2.05, 4.69) is 33.8 Å². The maximum atomic E-state index is 12.7. The molecular weight excluding hydrogens is 310 g/mol. The van der Waals surface area contributed by atoms with E-state index in [9.17, 15) is 9.59 Å². The molecule has 0 aromatic heterocycles. The number of amides is 1. The minimum absolute atomic E-state index is 0.0249. The zero-order chi connectivity index (χ0) is 18.1. The number of carbonyl (C=O) groups is 2. The molecule has 0 aromatic carbocycles. The first-order valence-corrected chi connectivity index (χ1v) is 9.90. The van der Waals surface area contributed by atoms with Crippen LogP contribution in [-0.2, 0) is 9.59 Å². The fourth-order valence-corrected chi connectivity index (χ4v) is 6.54. The average molecular weight is 341 g/mol. The molecule has 3 nitrogen and oxygen atoms in total. The van der Waals surface area contributed by atoms with Gasteiger partial charge in [-0.05, 0) is 73.2 Å². The summed E-state index contributed by atoms with van der Waals surface area (Å²) in [5.41, 5.74) is 7.48. The molecule has 0 aliphatic heterocycles. The molecular formula is C22H31NO2. The second kappa shape index (κ2) is 5.31. The molecule has 0 bridgehead atoms. The van der Waals surface area contributed by atoms with Gasteiger partial charge in [-0.25, -0.2) is 0 Å². The van der Waals surface area contributed by atoms with Gasteiger partial charge in [0.1, 0.15) is 0 Å². The summed E-state index contributed by atoms with van der Waals surface area (Å²) in [4.78, 5) is 24.4. The molecule has 4 rings (SSSR count). The van der Waals surface area contributed by atoms with Crippen LogP contribution in [0.1, 0.15) is 59.8 Å². The van der Waals surface area contributed by atoms with Crippen LogP contribution in [0, 0.1) is 40.4 Å². The molecule has 2 fully saturated rings. The highest BCUT2D eigenvalue weighted by atomic mass is 16.1. The molecule has 136 valence electrons. The topological polar surface area (TPSA) is 60.2 Å². The minimum atomic E-state index is -0.313. The summed E-state index contributed by atoms with van der Waals surface area (Å²) >= 11 is 0. The van der Waals surface area contributed by atoms with Crippen LogP contribution in [0.3, 0.4) is 0 Å². The van der Waals surface area contributed by atoms with E-state index in [1.807, 2.05) is 6.08 Å². The monoisotopic (exact) mass is 341 g/mol. The van der Waals surface area contributed by atoms with Crippen molar-refractivity contribution in [1.82, 2.24) is 0 Å². The van der Waals surface area contributed by atoms with Crippen molar-refractivity contribution in [3.8, 4) is 0 Å². The maximum absolute atomic E-state index is 12.7. The van der Waals surface area contributed by atoms with Gasteiger partial charge in [0.2, 0.25) is 5.91 Å². The van der Waals surface area contributed by atoms with Gasteiger partial charge in [-0.2, -0.15) is 0 Å². The van der Waals surface area contributed by atoms with Gasteiger partial charge in [0.15, 0.2) is 5.78 Å². The summed E-state index contributed by atoms with van der Waals surface area (Å²) in [6.45, 7) is 8.86. The lowest BCUT2D eigenvalue weighted by Crippen LogP contribution is -2.54. The van der Waals surface area contributed by atoms with E-state index in [1.165, 1.54) is 12.0 Å². The van der Waals surface area contributed by atoms with E-state index in [0.29, 0.717) is 35.4 Å². The maximum Gasteiger partial charge on any atom is 0.244 e. The predicted molar refractivity (Wildman–Crippen MR) is 98.5 cm³/mol. The zero-order valence-corrected chi connectivity index (χ0v) is 16.0. The number of ketones is 1. The Bertz CT molecular complexity index is 697. The fraction of sp³-hybridized carbons (Fsp3) is 0.727. The summed E-state index contributed by atoms with van der Waals surface area (Å²) in [7, 11) is 0. The summed E-state index contributed by atoms with van der Waals surface area (Å²) in [5.74, 6) is 3.00. The Morgan fingerprint density at radius 3 is 2.48 bits per heavy atom. The van der Waals surface area contributed by atoms with Crippen LogP contribution in [0.15, 0.2) is 23.3 Å². The third-order valence-corrected chi connectivity index (χ3v) is 8.59. The van der Waals surface area contributed by atoms with Crippen LogP contribution in [0.5, 0.6) is 0 Å². The highest BCUT2D eigenvalue weighted by Gasteiger charge is 2.58. The Hall–Kier alpha value is -1.38. The van der Waals surface area contributed by atoms with Crippen molar-refractivity contribution in [3.63, 3.8) is 0 Å². The van der Waals surface area contributed by atoms with Crippen molar-refractivity contribution >= 4 is 11.7 Å². The number of primary amides is 1. The first-order chi connectivity index (χ1) is 11.6. The zero-order valence-electron chi connectivity index (χ0n) is 16.0. The van der Waals surface area contributed by atoms with E-state index >= 15 is 0 Å². The highest BCUT2D eigenvalue weighted by Crippen LogP contribution is 2.63. The molecule has 0 heterocycles. The van der Waals surface area contributed by atoms with Crippen LogP contribution in [0.25, 0.3) is 0 Å². The Balaban J connectivity index is 1.68. The molecule has 0 aromatic rings. The van der Waals surface area contributed by atoms with Gasteiger partial charge < -0.3 is 5.73 Å². The van der Waals surface area contributed by atoms with Crippen molar-refractivity contribution in [2.75, 3.05) is 0 Å². The van der Waals surface area contributed by atoms with Crippen LogP contribution >= 0.6 is 0 Å². The van der Waals surface area contributed by atoms with Crippen molar-refractivity contribution in [2.45, 2.75) is 59.8 Å². The lowest BCUT2D eigenvalue weighted by Gasteiger charge is -2.58. The standard InChI is InChI=1S/C22H31NO2/c1-21(2)18(24)11-13-6-7-15-16(19(13)22(21,3)4)8-5-12-9-14(20(23)25)10-17(12)15/h9,11-12,15-17,19H,5-8,10H2,1-4H3,(H2,23,25). The molecule has 2 N–H and O–H groups in total. The van der Waals surface area contributed by atoms with Crippen molar-refractivity contribution in [1.29, 1.82) is 0 Å². The lowest BCUT2D eigenvalue weighted by atomic mass is 9.45. The molecule has 4 aliphatic rings. The number of nitrogens with two attached hydrogens (primary N) is 1. The lowest BCUT2D eigenvalue weighted by molar-refractivity contribution is -0.136. The Labute approximate surface area is 151 Å². The number of allylic oxidation sites excluding steroid dienone is 3. The fourth-order valence-electron chi connectivity index (χ4n) is 6.54. The van der Waals surface area contributed by atoms with E-state index in [0.717, 1.165) is 31.3 Å². The second-order valence-corrected chi connectivity index (χ2v) is 9.94. The SMILES string of the molecule is CC1(C)C(=O)C=C2CCC3C4CC(C(N)=O)=CC4CCC3C2C1(C)C. The van der Waals surface area contributed by atoms with Gasteiger partial charge in [0.25, 0.3) is 0 Å². The van der Waals surface area contributed by atoms with Gasteiger partial charge in [-0.3, -0.25) is 9.59 Å². The number of hydrogen-bond acceptors (Lipinski definition) is 2.